The van der Waals surface area contributed by atoms with Crippen molar-refractivity contribution >= 4 is 13.7 Å². The van der Waals surface area contributed by atoms with Gasteiger partial charge in [0.25, 0.3) is 0 Å². The first kappa shape index (κ1) is 57.2. The second kappa shape index (κ2) is 41.6. The van der Waals surface area contributed by atoms with Crippen LogP contribution in [-0.2, 0) is 18.4 Å². The average Bonchev–Trinajstić information content (AvgIpc) is 3.17. The molecule has 58 heavy (non-hydrogen) atoms. The Morgan fingerprint density at radius 2 is 0.914 bits per heavy atom. The van der Waals surface area contributed by atoms with Gasteiger partial charge in [0.15, 0.2) is 0 Å². The van der Waals surface area contributed by atoms with Crippen LogP contribution in [0.15, 0.2) is 12.2 Å². The highest BCUT2D eigenvalue weighted by Gasteiger charge is 2.27. The maximum atomic E-state index is 12.9. The van der Waals surface area contributed by atoms with Gasteiger partial charge in [-0.1, -0.05) is 231 Å². The molecule has 0 saturated carbocycles. The smallest absolute Gasteiger partial charge is 0.387 e. The van der Waals surface area contributed by atoms with E-state index in [1.807, 2.05) is 27.2 Å². The minimum atomic E-state index is -4.33. The predicted octanol–water partition coefficient (Wildman–Crippen LogP) is 14.3. The van der Waals surface area contributed by atoms with Crippen LogP contribution in [0.1, 0.15) is 245 Å². The number of aliphatic hydroxyl groups is 1. The van der Waals surface area contributed by atoms with Crippen LogP contribution >= 0.6 is 7.82 Å². The third-order valence-corrected chi connectivity index (χ3v) is 12.5. The lowest BCUT2D eigenvalue weighted by Crippen LogP contribution is -2.45. The number of aliphatic hydroxyl groups excluding tert-OH is 1. The van der Waals surface area contributed by atoms with Gasteiger partial charge in [-0.25, -0.2) is 4.57 Å². The molecule has 1 unspecified atom stereocenters. The molecule has 0 saturated heterocycles. The van der Waals surface area contributed by atoms with Crippen LogP contribution in [0.25, 0.3) is 0 Å². The standard InChI is InChI=1S/C49H99N2O6P/c1-6-8-10-12-14-16-18-20-21-22-23-24-25-26-27-28-29-31-33-35-37-39-41-43-49(53)50-47(46-57-58(54,55)56-45-44-51(3,4)5)48(52)42-40-38-36-34-32-30-19-17-15-13-11-9-7-2/h40,42,47-48,52H,6-39,41,43-46H2,1-5H3,(H-,50,53,54,55)/p+1/b42-40+/t47-,48+/m0/s1. The van der Waals surface area contributed by atoms with E-state index in [1.165, 1.54) is 186 Å². The van der Waals surface area contributed by atoms with Crippen LogP contribution in [0.2, 0.25) is 0 Å². The van der Waals surface area contributed by atoms with E-state index in [-0.39, 0.29) is 19.1 Å². The van der Waals surface area contributed by atoms with Gasteiger partial charge in [0.05, 0.1) is 39.9 Å². The number of nitrogens with zero attached hydrogens (tertiary/aromatic N) is 1. The molecule has 0 spiro atoms. The van der Waals surface area contributed by atoms with Gasteiger partial charge in [-0.3, -0.25) is 13.8 Å². The number of hydrogen-bond acceptors (Lipinski definition) is 5. The minimum absolute atomic E-state index is 0.0647. The number of nitrogens with one attached hydrogen (secondary N) is 1. The van der Waals surface area contributed by atoms with Gasteiger partial charge in [-0.2, -0.15) is 0 Å². The van der Waals surface area contributed by atoms with Gasteiger partial charge >= 0.3 is 7.82 Å². The number of allylic oxidation sites excluding steroid dienone is 1. The molecular formula is C49H100N2O6P+. The van der Waals surface area contributed by atoms with Gasteiger partial charge in [0.2, 0.25) is 5.91 Å². The van der Waals surface area contributed by atoms with E-state index in [4.69, 9.17) is 9.05 Å². The van der Waals surface area contributed by atoms with Crippen LogP contribution in [0.3, 0.4) is 0 Å². The molecular weight excluding hydrogens is 744 g/mol. The number of quaternary nitrogens is 1. The Balaban J connectivity index is 4.20. The van der Waals surface area contributed by atoms with Gasteiger partial charge < -0.3 is 19.8 Å². The van der Waals surface area contributed by atoms with Crippen molar-refractivity contribution in [3.8, 4) is 0 Å². The van der Waals surface area contributed by atoms with Crippen molar-refractivity contribution in [2.24, 2.45) is 0 Å². The van der Waals surface area contributed by atoms with Crippen molar-refractivity contribution in [3.63, 3.8) is 0 Å². The molecule has 0 aliphatic carbocycles. The quantitative estimate of drug-likeness (QED) is 0.0244. The lowest BCUT2D eigenvalue weighted by molar-refractivity contribution is -0.870. The maximum absolute atomic E-state index is 12.9. The van der Waals surface area contributed by atoms with E-state index in [1.54, 1.807) is 6.08 Å². The van der Waals surface area contributed by atoms with Crippen LogP contribution in [0.4, 0.5) is 0 Å². The Bertz CT molecular complexity index is 958. The fourth-order valence-electron chi connectivity index (χ4n) is 7.51. The van der Waals surface area contributed by atoms with Crippen LogP contribution in [0.5, 0.6) is 0 Å². The molecule has 0 aliphatic rings. The Hall–Kier alpha value is -0.760. The lowest BCUT2D eigenvalue weighted by atomic mass is 10.0. The molecule has 0 radical (unpaired) electrons. The molecule has 3 N–H and O–H groups in total. The van der Waals surface area contributed by atoms with E-state index in [0.717, 1.165) is 38.5 Å². The summed E-state index contributed by atoms with van der Waals surface area (Å²) in [4.78, 5) is 23.2. The second-order valence-electron chi connectivity index (χ2n) is 18.6. The molecule has 0 aromatic rings. The number of unbranched alkanes of at least 4 members (excludes halogenated alkanes) is 33. The first-order valence-corrected chi connectivity index (χ1v) is 26.6. The monoisotopic (exact) mass is 844 g/mol. The Labute approximate surface area is 361 Å². The van der Waals surface area contributed by atoms with Crippen molar-refractivity contribution < 1.29 is 32.9 Å². The normalized spacial score (nSPS) is 14.3. The molecule has 0 rings (SSSR count). The zero-order valence-corrected chi connectivity index (χ0v) is 40.2. The number of phosphoric ester groups is 1. The Kier molecular flexibility index (Phi) is 41.0. The second-order valence-corrected chi connectivity index (χ2v) is 20.0. The number of rotatable bonds is 46. The molecule has 0 aliphatic heterocycles. The van der Waals surface area contributed by atoms with Crippen molar-refractivity contribution in [1.29, 1.82) is 0 Å². The zero-order chi connectivity index (χ0) is 42.8. The van der Waals surface area contributed by atoms with E-state index in [2.05, 4.69) is 19.2 Å². The molecule has 346 valence electrons. The lowest BCUT2D eigenvalue weighted by Gasteiger charge is -2.25. The Morgan fingerprint density at radius 1 is 0.569 bits per heavy atom. The van der Waals surface area contributed by atoms with Gasteiger partial charge in [-0.05, 0) is 19.3 Å². The summed E-state index contributed by atoms with van der Waals surface area (Å²) in [6, 6.07) is -0.840. The maximum Gasteiger partial charge on any atom is 0.472 e. The van der Waals surface area contributed by atoms with Gasteiger partial charge in [-0.15, -0.1) is 0 Å². The molecule has 0 aromatic heterocycles. The van der Waals surface area contributed by atoms with Gasteiger partial charge in [0.1, 0.15) is 13.2 Å². The fourth-order valence-corrected chi connectivity index (χ4v) is 8.25. The molecule has 9 heteroatoms. The molecule has 8 nitrogen and oxygen atoms in total. The summed E-state index contributed by atoms with van der Waals surface area (Å²) in [5, 5.41) is 13.9. The van der Waals surface area contributed by atoms with Crippen molar-refractivity contribution in [2.45, 2.75) is 257 Å². The van der Waals surface area contributed by atoms with Crippen molar-refractivity contribution in [3.05, 3.63) is 12.2 Å². The highest BCUT2D eigenvalue weighted by molar-refractivity contribution is 7.47. The summed E-state index contributed by atoms with van der Waals surface area (Å²) in [5.74, 6) is -0.173. The van der Waals surface area contributed by atoms with Gasteiger partial charge in [0, 0.05) is 6.42 Å². The number of amides is 1. The number of likely N-dealkylation sites (N-methyl/N-ethyl adjacent to an activating group) is 1. The molecule has 0 bridgehead atoms. The highest BCUT2D eigenvalue weighted by Crippen LogP contribution is 2.43. The summed E-state index contributed by atoms with van der Waals surface area (Å²) in [5.41, 5.74) is 0. The van der Waals surface area contributed by atoms with E-state index >= 15 is 0 Å². The van der Waals surface area contributed by atoms with Crippen molar-refractivity contribution in [2.75, 3.05) is 40.9 Å². The predicted molar refractivity (Wildman–Crippen MR) is 249 cm³/mol. The van der Waals surface area contributed by atoms with Crippen molar-refractivity contribution in [1.82, 2.24) is 5.32 Å². The number of carbonyl (C=O) groups excluding carboxylic acids is 1. The first-order valence-electron chi connectivity index (χ1n) is 25.1. The van der Waals surface area contributed by atoms with E-state index in [9.17, 15) is 19.4 Å². The topological polar surface area (TPSA) is 105 Å². The zero-order valence-electron chi connectivity index (χ0n) is 39.3. The average molecular weight is 844 g/mol. The Morgan fingerprint density at radius 3 is 1.28 bits per heavy atom. The fraction of sp³-hybridized carbons (Fsp3) is 0.939. The number of hydrogen-bond donors (Lipinski definition) is 3. The largest absolute Gasteiger partial charge is 0.472 e. The summed E-state index contributed by atoms with van der Waals surface area (Å²) in [7, 11) is 1.58. The third kappa shape index (κ3) is 43.3. The summed E-state index contributed by atoms with van der Waals surface area (Å²) >= 11 is 0. The number of carbonyl (C=O) groups is 1. The van der Waals surface area contributed by atoms with Crippen LogP contribution in [-0.4, -0.2) is 73.4 Å². The molecule has 0 fully saturated rings. The third-order valence-electron chi connectivity index (χ3n) is 11.5. The number of phosphoric acid groups is 1. The molecule has 3 atom stereocenters. The molecule has 1 amide bonds. The molecule has 0 aromatic carbocycles. The molecule has 0 heterocycles. The highest BCUT2D eigenvalue weighted by atomic mass is 31.2. The van der Waals surface area contributed by atoms with Crippen LogP contribution in [0, 0.1) is 0 Å². The van der Waals surface area contributed by atoms with E-state index in [0.29, 0.717) is 17.4 Å². The first-order chi connectivity index (χ1) is 28.0. The summed E-state index contributed by atoms with van der Waals surface area (Å²) in [6.45, 7) is 4.84. The summed E-state index contributed by atoms with van der Waals surface area (Å²) < 4.78 is 23.6. The SMILES string of the molecule is CCCCCCCCCCCCC/C=C/[C@@H](O)[C@H](COP(=O)(O)OCC[N+](C)(C)C)NC(=O)CCCCCCCCCCCCCCCCCCCCCCCCC. The summed E-state index contributed by atoms with van der Waals surface area (Å²) in [6.07, 6.45) is 48.6. The minimum Gasteiger partial charge on any atom is -0.387 e. The van der Waals surface area contributed by atoms with Crippen LogP contribution < -0.4 is 5.32 Å². The van der Waals surface area contributed by atoms with E-state index < -0.39 is 20.0 Å².